The molecule has 4 heteroatoms. The lowest BCUT2D eigenvalue weighted by atomic mass is 10.3. The van der Waals surface area contributed by atoms with Gasteiger partial charge in [-0.2, -0.15) is 4.98 Å². The molecule has 1 aromatic heterocycles. The summed E-state index contributed by atoms with van der Waals surface area (Å²) in [7, 11) is 0. The Bertz CT molecular complexity index is 330. The van der Waals surface area contributed by atoms with Crippen LogP contribution >= 0.6 is 0 Å². The van der Waals surface area contributed by atoms with E-state index in [2.05, 4.69) is 9.88 Å². The quantitative estimate of drug-likeness (QED) is 0.806. The van der Waals surface area contributed by atoms with E-state index in [0.717, 1.165) is 18.8 Å². The van der Waals surface area contributed by atoms with Crippen LogP contribution in [-0.2, 0) is 0 Å². The number of β-amino-alcohol motifs (C(OH)–C–C–N with tert-alkyl or cyclic N) is 1. The van der Waals surface area contributed by atoms with E-state index in [1.165, 1.54) is 0 Å². The molecule has 1 aliphatic heterocycles. The van der Waals surface area contributed by atoms with Crippen LogP contribution in [0.4, 0.5) is 5.82 Å². The fourth-order valence-electron chi connectivity index (χ4n) is 1.76. The maximum Gasteiger partial charge on any atom is 0.215 e. The van der Waals surface area contributed by atoms with Crippen LogP contribution in [0.5, 0.6) is 5.88 Å². The van der Waals surface area contributed by atoms with Gasteiger partial charge >= 0.3 is 0 Å². The molecule has 1 fully saturated rings. The molecule has 82 valence electrons. The van der Waals surface area contributed by atoms with Gasteiger partial charge in [0, 0.05) is 19.2 Å². The second kappa shape index (κ2) is 4.49. The number of rotatable bonds is 3. The highest BCUT2D eigenvalue weighted by molar-refractivity contribution is 5.41. The van der Waals surface area contributed by atoms with Gasteiger partial charge < -0.3 is 14.7 Å². The van der Waals surface area contributed by atoms with E-state index in [9.17, 15) is 5.11 Å². The lowest BCUT2D eigenvalue weighted by Gasteiger charge is -2.16. The minimum absolute atomic E-state index is 0.220. The number of anilines is 1. The summed E-state index contributed by atoms with van der Waals surface area (Å²) in [6.45, 7) is 4.10. The van der Waals surface area contributed by atoms with Gasteiger partial charge in [0.2, 0.25) is 5.88 Å². The predicted molar refractivity (Wildman–Crippen MR) is 58.2 cm³/mol. The first-order valence-corrected chi connectivity index (χ1v) is 5.32. The molecule has 2 rings (SSSR count). The van der Waals surface area contributed by atoms with E-state index in [1.54, 1.807) is 0 Å². The number of pyridine rings is 1. The highest BCUT2D eigenvalue weighted by atomic mass is 16.5. The van der Waals surface area contributed by atoms with Crippen molar-refractivity contribution >= 4 is 5.82 Å². The summed E-state index contributed by atoms with van der Waals surface area (Å²) >= 11 is 0. The van der Waals surface area contributed by atoms with Crippen LogP contribution in [0.25, 0.3) is 0 Å². The first-order valence-electron chi connectivity index (χ1n) is 5.32. The molecule has 2 heterocycles. The molecule has 1 aliphatic rings. The van der Waals surface area contributed by atoms with Crippen molar-refractivity contribution in [1.29, 1.82) is 0 Å². The smallest absolute Gasteiger partial charge is 0.215 e. The summed E-state index contributed by atoms with van der Waals surface area (Å²) in [5, 5.41) is 9.43. The highest BCUT2D eigenvalue weighted by Crippen LogP contribution is 2.20. The summed E-state index contributed by atoms with van der Waals surface area (Å²) in [4.78, 5) is 6.45. The molecule has 1 N–H and O–H groups in total. The molecule has 1 saturated heterocycles. The highest BCUT2D eigenvalue weighted by Gasteiger charge is 2.21. The van der Waals surface area contributed by atoms with Crippen LogP contribution < -0.4 is 9.64 Å². The van der Waals surface area contributed by atoms with Gasteiger partial charge in [-0.05, 0) is 19.4 Å². The molecular formula is C11H16N2O2. The lowest BCUT2D eigenvalue weighted by Crippen LogP contribution is -2.22. The molecule has 0 unspecified atom stereocenters. The van der Waals surface area contributed by atoms with E-state index in [0.29, 0.717) is 19.0 Å². The molecule has 0 aliphatic carbocycles. The van der Waals surface area contributed by atoms with Crippen molar-refractivity contribution in [3.8, 4) is 5.88 Å². The van der Waals surface area contributed by atoms with Gasteiger partial charge in [0.05, 0.1) is 12.7 Å². The van der Waals surface area contributed by atoms with Crippen molar-refractivity contribution in [2.45, 2.75) is 19.4 Å². The Morgan fingerprint density at radius 2 is 2.47 bits per heavy atom. The third-order valence-corrected chi connectivity index (χ3v) is 2.49. The number of ether oxygens (including phenoxy) is 1. The second-order valence-corrected chi connectivity index (χ2v) is 3.66. The average Bonchev–Trinajstić information content (AvgIpc) is 2.66. The molecule has 15 heavy (non-hydrogen) atoms. The van der Waals surface area contributed by atoms with E-state index >= 15 is 0 Å². The molecule has 1 atom stereocenters. The molecule has 0 aromatic carbocycles. The first kappa shape index (κ1) is 10.2. The number of aliphatic hydroxyl groups excluding tert-OH is 1. The van der Waals surface area contributed by atoms with E-state index in [4.69, 9.17) is 4.74 Å². The number of hydrogen-bond donors (Lipinski definition) is 1. The molecule has 0 spiro atoms. The average molecular weight is 208 g/mol. The predicted octanol–water partition coefficient (Wildman–Crippen LogP) is 1.05. The van der Waals surface area contributed by atoms with Crippen LogP contribution in [0.2, 0.25) is 0 Å². The second-order valence-electron chi connectivity index (χ2n) is 3.66. The zero-order chi connectivity index (χ0) is 10.7. The third-order valence-electron chi connectivity index (χ3n) is 2.49. The molecule has 0 amide bonds. The summed E-state index contributed by atoms with van der Waals surface area (Å²) in [6, 6.07) is 5.72. The summed E-state index contributed by atoms with van der Waals surface area (Å²) in [6.07, 6.45) is 0.600. The lowest BCUT2D eigenvalue weighted by molar-refractivity contribution is 0.198. The minimum Gasteiger partial charge on any atom is -0.478 e. The van der Waals surface area contributed by atoms with E-state index in [1.807, 2.05) is 25.1 Å². The van der Waals surface area contributed by atoms with Crippen LogP contribution in [0.15, 0.2) is 18.2 Å². The van der Waals surface area contributed by atoms with Crippen LogP contribution in [0.3, 0.4) is 0 Å². The largest absolute Gasteiger partial charge is 0.478 e. The molecule has 0 saturated carbocycles. The van der Waals surface area contributed by atoms with Gasteiger partial charge in [-0.15, -0.1) is 0 Å². The van der Waals surface area contributed by atoms with Crippen LogP contribution in [0, 0.1) is 0 Å². The number of aromatic nitrogens is 1. The van der Waals surface area contributed by atoms with Crippen LogP contribution in [-0.4, -0.2) is 35.9 Å². The normalized spacial score (nSPS) is 20.7. The Morgan fingerprint density at radius 1 is 1.60 bits per heavy atom. The Balaban J connectivity index is 2.10. The number of aliphatic hydroxyl groups is 1. The number of hydrogen-bond acceptors (Lipinski definition) is 4. The van der Waals surface area contributed by atoms with Gasteiger partial charge in [-0.3, -0.25) is 0 Å². The molecule has 1 aromatic rings. The molecule has 0 bridgehead atoms. The summed E-state index contributed by atoms with van der Waals surface area (Å²) in [5.41, 5.74) is 0. The third kappa shape index (κ3) is 2.39. The van der Waals surface area contributed by atoms with E-state index < -0.39 is 0 Å². The maximum atomic E-state index is 9.43. The van der Waals surface area contributed by atoms with Gasteiger partial charge in [0.25, 0.3) is 0 Å². The van der Waals surface area contributed by atoms with Crippen molar-refractivity contribution in [3.63, 3.8) is 0 Å². The van der Waals surface area contributed by atoms with Crippen molar-refractivity contribution in [3.05, 3.63) is 18.2 Å². The van der Waals surface area contributed by atoms with Crippen molar-refractivity contribution in [2.24, 2.45) is 0 Å². The topological polar surface area (TPSA) is 45.6 Å². The number of nitrogens with zero attached hydrogens (tertiary/aromatic N) is 2. The molecule has 4 nitrogen and oxygen atoms in total. The van der Waals surface area contributed by atoms with Gasteiger partial charge in [0.15, 0.2) is 0 Å². The fraction of sp³-hybridized carbons (Fsp3) is 0.545. The molecule has 0 radical (unpaired) electrons. The Morgan fingerprint density at radius 3 is 3.13 bits per heavy atom. The SMILES string of the molecule is CCOc1cccc(N2CC[C@H](O)C2)n1. The van der Waals surface area contributed by atoms with E-state index in [-0.39, 0.29) is 6.10 Å². The maximum absolute atomic E-state index is 9.43. The van der Waals surface area contributed by atoms with Crippen molar-refractivity contribution < 1.29 is 9.84 Å². The standard InChI is InChI=1S/C11H16N2O2/c1-2-15-11-5-3-4-10(12-11)13-7-6-9(14)8-13/h3-5,9,14H,2,6-8H2,1H3/t9-/m0/s1. The Hall–Kier alpha value is -1.29. The van der Waals surface area contributed by atoms with Crippen molar-refractivity contribution in [2.75, 3.05) is 24.6 Å². The Kier molecular flexibility index (Phi) is 3.06. The van der Waals surface area contributed by atoms with Gasteiger partial charge in [0.1, 0.15) is 5.82 Å². The molecular weight excluding hydrogens is 192 g/mol. The van der Waals surface area contributed by atoms with Crippen molar-refractivity contribution in [1.82, 2.24) is 4.98 Å². The summed E-state index contributed by atoms with van der Waals surface area (Å²) < 4.78 is 5.33. The van der Waals surface area contributed by atoms with Crippen LogP contribution in [0.1, 0.15) is 13.3 Å². The zero-order valence-corrected chi connectivity index (χ0v) is 8.89. The Labute approximate surface area is 89.5 Å². The van der Waals surface area contributed by atoms with Gasteiger partial charge in [-0.25, -0.2) is 0 Å². The first-order chi connectivity index (χ1) is 7.29. The fourth-order valence-corrected chi connectivity index (χ4v) is 1.76. The van der Waals surface area contributed by atoms with Gasteiger partial charge in [-0.1, -0.05) is 6.07 Å². The monoisotopic (exact) mass is 208 g/mol. The zero-order valence-electron chi connectivity index (χ0n) is 8.89. The minimum atomic E-state index is -0.220. The summed E-state index contributed by atoms with van der Waals surface area (Å²) in [5.74, 6) is 1.54.